The number of hydrogen-bond donors (Lipinski definition) is 1. The molecule has 0 aliphatic heterocycles. The van der Waals surface area contributed by atoms with Crippen molar-refractivity contribution in [1.82, 2.24) is 15.2 Å². The number of nitrogens with one attached hydrogen (secondary N) is 1. The highest BCUT2D eigenvalue weighted by Gasteiger charge is 2.23. The predicted octanol–water partition coefficient (Wildman–Crippen LogP) is 4.41. The Hall–Kier alpha value is -1.92. The second-order valence-corrected chi connectivity index (χ2v) is 6.28. The van der Waals surface area contributed by atoms with Gasteiger partial charge in [-0.05, 0) is 31.5 Å². The van der Waals surface area contributed by atoms with Gasteiger partial charge in [0.15, 0.2) is 5.78 Å². The Morgan fingerprint density at radius 1 is 1.35 bits per heavy atom. The molecule has 0 atom stereocenters. The first-order chi connectivity index (χ1) is 11.0. The van der Waals surface area contributed by atoms with Gasteiger partial charge >= 0.3 is 0 Å². The number of aromatic amines is 1. The number of benzene rings is 1. The lowest BCUT2D eigenvalue weighted by molar-refractivity contribution is 0.103. The summed E-state index contributed by atoms with van der Waals surface area (Å²) in [7, 11) is 0. The molecule has 118 valence electrons. The van der Waals surface area contributed by atoms with Crippen LogP contribution in [0.5, 0.6) is 0 Å². The Morgan fingerprint density at radius 2 is 2.13 bits per heavy atom. The number of ketones is 1. The molecule has 2 heterocycles. The second kappa shape index (κ2) is 6.29. The zero-order chi connectivity index (χ0) is 16.6. The second-order valence-electron chi connectivity index (χ2n) is 5.10. The van der Waals surface area contributed by atoms with E-state index < -0.39 is 0 Å². The lowest BCUT2D eigenvalue weighted by atomic mass is 10.00. The van der Waals surface area contributed by atoms with Crippen molar-refractivity contribution in [2.24, 2.45) is 0 Å². The predicted molar refractivity (Wildman–Crippen MR) is 90.7 cm³/mol. The Kier molecular flexibility index (Phi) is 4.37. The van der Waals surface area contributed by atoms with Crippen LogP contribution in [0.2, 0.25) is 0 Å². The van der Waals surface area contributed by atoms with E-state index in [2.05, 4.69) is 31.1 Å². The molecule has 0 bridgehead atoms. The molecule has 1 N–H and O–H groups in total. The Labute approximate surface area is 146 Å². The molecule has 1 aromatic carbocycles. The molecule has 0 saturated carbocycles. The SMILES string of the molecule is Cc1[nH]c(-c2nnc(CCl)o2)c(C)c1C(=O)c1cccc(Br)c1. The quantitative estimate of drug-likeness (QED) is 0.525. The van der Waals surface area contributed by atoms with Gasteiger partial charge in [0.05, 0.1) is 0 Å². The average Bonchev–Trinajstić information content (AvgIpc) is 3.11. The number of carbonyl (C=O) groups is 1. The lowest BCUT2D eigenvalue weighted by Crippen LogP contribution is -2.03. The van der Waals surface area contributed by atoms with E-state index >= 15 is 0 Å². The molecule has 7 heteroatoms. The molecule has 0 radical (unpaired) electrons. The fraction of sp³-hybridized carbons (Fsp3) is 0.188. The van der Waals surface area contributed by atoms with Crippen molar-refractivity contribution in [2.75, 3.05) is 0 Å². The van der Waals surface area contributed by atoms with Crippen molar-refractivity contribution in [3.8, 4) is 11.6 Å². The number of halogens is 2. The number of rotatable bonds is 4. The molecule has 0 aliphatic rings. The number of H-pyrrole nitrogens is 1. The van der Waals surface area contributed by atoms with E-state index in [-0.39, 0.29) is 11.7 Å². The maximum Gasteiger partial charge on any atom is 0.264 e. The molecule has 0 aliphatic carbocycles. The zero-order valence-corrected chi connectivity index (χ0v) is 14.8. The summed E-state index contributed by atoms with van der Waals surface area (Å²) in [6, 6.07) is 7.30. The fourth-order valence-electron chi connectivity index (χ4n) is 2.49. The zero-order valence-electron chi connectivity index (χ0n) is 12.5. The van der Waals surface area contributed by atoms with Crippen molar-refractivity contribution in [2.45, 2.75) is 19.7 Å². The van der Waals surface area contributed by atoms with E-state index in [0.29, 0.717) is 28.6 Å². The van der Waals surface area contributed by atoms with Gasteiger partial charge < -0.3 is 9.40 Å². The largest absolute Gasteiger partial charge is 0.418 e. The monoisotopic (exact) mass is 393 g/mol. The Bertz CT molecular complexity index is 885. The molecule has 3 aromatic rings. The van der Waals surface area contributed by atoms with Gasteiger partial charge in [-0.2, -0.15) is 0 Å². The first-order valence-corrected chi connectivity index (χ1v) is 8.22. The molecular formula is C16H13BrClN3O2. The maximum absolute atomic E-state index is 12.8. The van der Waals surface area contributed by atoms with Crippen LogP contribution in [-0.4, -0.2) is 21.0 Å². The van der Waals surface area contributed by atoms with Crippen LogP contribution in [0.3, 0.4) is 0 Å². The van der Waals surface area contributed by atoms with Crippen LogP contribution in [0.1, 0.15) is 33.1 Å². The van der Waals surface area contributed by atoms with Gasteiger partial charge in [-0.1, -0.05) is 28.1 Å². The number of carbonyl (C=O) groups excluding carboxylic acids is 1. The first-order valence-electron chi connectivity index (χ1n) is 6.89. The average molecular weight is 395 g/mol. The molecule has 0 saturated heterocycles. The molecule has 0 unspecified atom stereocenters. The third kappa shape index (κ3) is 2.96. The van der Waals surface area contributed by atoms with Crippen LogP contribution in [0, 0.1) is 13.8 Å². The van der Waals surface area contributed by atoms with Crippen molar-refractivity contribution < 1.29 is 9.21 Å². The maximum atomic E-state index is 12.8. The first kappa shape index (κ1) is 16.0. The van der Waals surface area contributed by atoms with Crippen LogP contribution >= 0.6 is 27.5 Å². The Balaban J connectivity index is 2.05. The summed E-state index contributed by atoms with van der Waals surface area (Å²) in [6.07, 6.45) is 0. The van der Waals surface area contributed by atoms with E-state index in [1.165, 1.54) is 0 Å². The number of nitrogens with zero attached hydrogens (tertiary/aromatic N) is 2. The minimum atomic E-state index is -0.0547. The Morgan fingerprint density at radius 3 is 2.78 bits per heavy atom. The summed E-state index contributed by atoms with van der Waals surface area (Å²) in [6.45, 7) is 3.70. The van der Waals surface area contributed by atoms with E-state index in [9.17, 15) is 4.79 Å². The highest BCUT2D eigenvalue weighted by molar-refractivity contribution is 9.10. The summed E-state index contributed by atoms with van der Waals surface area (Å²) >= 11 is 9.07. The standard InChI is InChI=1S/C16H13BrClN3O2/c1-8-13(15(22)10-4-3-5-11(17)6-10)9(2)19-14(8)16-21-20-12(7-18)23-16/h3-6,19H,7H2,1-2H3. The van der Waals surface area contributed by atoms with Crippen LogP contribution in [0.25, 0.3) is 11.6 Å². The molecule has 0 fully saturated rings. The smallest absolute Gasteiger partial charge is 0.264 e. The van der Waals surface area contributed by atoms with Gasteiger partial charge in [-0.3, -0.25) is 4.79 Å². The fourth-order valence-corrected chi connectivity index (χ4v) is 2.99. The number of alkyl halides is 1. The van der Waals surface area contributed by atoms with Gasteiger partial charge in [0.25, 0.3) is 5.89 Å². The van der Waals surface area contributed by atoms with Gasteiger partial charge in [0.2, 0.25) is 5.89 Å². The van der Waals surface area contributed by atoms with Crippen molar-refractivity contribution in [3.05, 3.63) is 57.0 Å². The molecule has 5 nitrogen and oxygen atoms in total. The van der Waals surface area contributed by atoms with Crippen LogP contribution < -0.4 is 0 Å². The van der Waals surface area contributed by atoms with Crippen LogP contribution in [-0.2, 0) is 5.88 Å². The molecule has 23 heavy (non-hydrogen) atoms. The van der Waals surface area contributed by atoms with Gasteiger partial charge in [0, 0.05) is 21.3 Å². The third-order valence-electron chi connectivity index (χ3n) is 3.55. The van der Waals surface area contributed by atoms with E-state index in [4.69, 9.17) is 16.0 Å². The highest BCUT2D eigenvalue weighted by Crippen LogP contribution is 2.29. The van der Waals surface area contributed by atoms with Gasteiger partial charge in [-0.15, -0.1) is 21.8 Å². The van der Waals surface area contributed by atoms with Crippen LogP contribution in [0.15, 0.2) is 33.2 Å². The molecule has 0 amide bonds. The lowest BCUT2D eigenvalue weighted by Gasteiger charge is -2.03. The molecule has 3 rings (SSSR count). The molecule has 2 aromatic heterocycles. The minimum absolute atomic E-state index is 0.0547. The highest BCUT2D eigenvalue weighted by atomic mass is 79.9. The summed E-state index contributed by atoms with van der Waals surface area (Å²) in [5.74, 6) is 0.763. The topological polar surface area (TPSA) is 71.8 Å². The van der Waals surface area contributed by atoms with E-state index in [0.717, 1.165) is 15.7 Å². The number of hydrogen-bond acceptors (Lipinski definition) is 4. The van der Waals surface area contributed by atoms with E-state index in [1.54, 1.807) is 12.1 Å². The summed E-state index contributed by atoms with van der Waals surface area (Å²) in [4.78, 5) is 16.0. The minimum Gasteiger partial charge on any atom is -0.418 e. The summed E-state index contributed by atoms with van der Waals surface area (Å²) in [5.41, 5.74) is 3.40. The van der Waals surface area contributed by atoms with Gasteiger partial charge in [0.1, 0.15) is 11.6 Å². The van der Waals surface area contributed by atoms with Crippen molar-refractivity contribution >= 4 is 33.3 Å². The number of aromatic nitrogens is 3. The molecule has 0 spiro atoms. The van der Waals surface area contributed by atoms with Crippen LogP contribution in [0.4, 0.5) is 0 Å². The molecular weight excluding hydrogens is 382 g/mol. The van der Waals surface area contributed by atoms with Gasteiger partial charge in [-0.25, -0.2) is 0 Å². The summed E-state index contributed by atoms with van der Waals surface area (Å²) in [5, 5.41) is 7.81. The summed E-state index contributed by atoms with van der Waals surface area (Å²) < 4.78 is 6.33. The van der Waals surface area contributed by atoms with E-state index in [1.807, 2.05) is 26.0 Å². The third-order valence-corrected chi connectivity index (χ3v) is 4.27. The normalized spacial score (nSPS) is 11.0. The van der Waals surface area contributed by atoms with Crippen molar-refractivity contribution in [1.29, 1.82) is 0 Å². The number of aryl methyl sites for hydroxylation is 1. The van der Waals surface area contributed by atoms with Crippen molar-refractivity contribution in [3.63, 3.8) is 0 Å².